The number of halogens is 1. The normalized spacial score (nSPS) is 11.6. The fourth-order valence-corrected chi connectivity index (χ4v) is 1.92. The topological polar surface area (TPSA) is 60.4 Å². The van der Waals surface area contributed by atoms with Gasteiger partial charge in [0, 0.05) is 6.54 Å². The Balaban J connectivity index is 0. The number of carboxylic acid groups (broad SMARTS) is 1. The van der Waals surface area contributed by atoms with E-state index in [0.29, 0.717) is 6.42 Å². The second-order valence-corrected chi connectivity index (χ2v) is 4.78. The molecule has 4 nitrogen and oxygen atoms in total. The van der Waals surface area contributed by atoms with Gasteiger partial charge in [0.15, 0.2) is 0 Å². The molecule has 0 N–H and O–H groups in total. The van der Waals surface area contributed by atoms with E-state index in [4.69, 9.17) is 0 Å². The zero-order chi connectivity index (χ0) is 14.7. The number of hydrogen-bond donors (Lipinski definition) is 0. The van der Waals surface area contributed by atoms with Crippen molar-refractivity contribution in [3.05, 3.63) is 0 Å². The molecular formula is C14H25FNNaO3. The molecule has 0 saturated carbocycles. The van der Waals surface area contributed by atoms with Gasteiger partial charge in [0.05, 0.1) is 18.9 Å². The van der Waals surface area contributed by atoms with Crippen LogP contribution in [-0.4, -0.2) is 36.0 Å². The number of unbranched alkanes of at least 4 members (excludes halogenated alkanes) is 4. The fourth-order valence-electron chi connectivity index (χ4n) is 1.92. The van der Waals surface area contributed by atoms with Crippen molar-refractivity contribution in [2.24, 2.45) is 0 Å². The van der Waals surface area contributed by atoms with Crippen LogP contribution in [0.4, 0.5) is 4.39 Å². The van der Waals surface area contributed by atoms with Crippen molar-refractivity contribution in [1.82, 2.24) is 4.90 Å². The molecule has 0 aliphatic carbocycles. The van der Waals surface area contributed by atoms with E-state index < -0.39 is 24.6 Å². The number of amides is 1. The first kappa shape index (κ1) is 22.2. The number of carbonyl (C=O) groups is 2. The number of carbonyl (C=O) groups excluding carboxylic acids is 2. The number of alkyl halides is 1. The molecule has 112 valence electrons. The van der Waals surface area contributed by atoms with E-state index in [2.05, 4.69) is 6.92 Å². The van der Waals surface area contributed by atoms with Gasteiger partial charge in [-0.3, -0.25) is 4.79 Å². The smallest absolute Gasteiger partial charge is 0.548 e. The van der Waals surface area contributed by atoms with Gasteiger partial charge >= 0.3 is 29.6 Å². The second-order valence-electron chi connectivity index (χ2n) is 4.78. The first-order chi connectivity index (χ1) is 9.01. The Bertz CT molecular complexity index is 277. The standard InChI is InChI=1S/C14H26FNO3.Na/c1-3-5-6-7-8-9-12(15)10-13(17)16(4-2)11-14(18)19;/h12H,3-11H2,1-2H3,(H,18,19);/q;+1/p-1. The molecule has 6 heteroatoms. The predicted molar refractivity (Wildman–Crippen MR) is 70.2 cm³/mol. The maximum absolute atomic E-state index is 13.6. The summed E-state index contributed by atoms with van der Waals surface area (Å²) in [5.41, 5.74) is 0. The summed E-state index contributed by atoms with van der Waals surface area (Å²) in [6.45, 7) is 3.58. The van der Waals surface area contributed by atoms with Crippen molar-refractivity contribution in [1.29, 1.82) is 0 Å². The number of hydrogen-bond acceptors (Lipinski definition) is 3. The van der Waals surface area contributed by atoms with Crippen molar-refractivity contribution in [2.45, 2.75) is 65.0 Å². The van der Waals surface area contributed by atoms with Gasteiger partial charge in [0.25, 0.3) is 0 Å². The molecule has 1 amide bonds. The Labute approximate surface area is 143 Å². The average molecular weight is 297 g/mol. The molecule has 0 aliphatic rings. The molecule has 20 heavy (non-hydrogen) atoms. The minimum Gasteiger partial charge on any atom is -0.548 e. The van der Waals surface area contributed by atoms with Crippen molar-refractivity contribution < 1.29 is 48.6 Å². The Kier molecular flexibility index (Phi) is 15.3. The van der Waals surface area contributed by atoms with Gasteiger partial charge in [-0.15, -0.1) is 0 Å². The Morgan fingerprint density at radius 1 is 1.15 bits per heavy atom. The minimum absolute atomic E-state index is 0. The maximum Gasteiger partial charge on any atom is 1.00 e. The first-order valence-electron chi connectivity index (χ1n) is 7.12. The Hall–Kier alpha value is -0.130. The number of nitrogens with zero attached hydrogens (tertiary/aromatic N) is 1. The molecule has 0 bridgehead atoms. The molecule has 1 unspecified atom stereocenters. The van der Waals surface area contributed by atoms with Gasteiger partial charge in [-0.05, 0) is 13.3 Å². The van der Waals surface area contributed by atoms with Crippen LogP contribution < -0.4 is 34.7 Å². The van der Waals surface area contributed by atoms with E-state index >= 15 is 0 Å². The fraction of sp³-hybridized carbons (Fsp3) is 0.857. The number of rotatable bonds is 11. The van der Waals surface area contributed by atoms with Crippen molar-refractivity contribution in [2.75, 3.05) is 13.1 Å². The summed E-state index contributed by atoms with van der Waals surface area (Å²) >= 11 is 0. The molecule has 0 saturated heterocycles. The molecule has 0 spiro atoms. The first-order valence-corrected chi connectivity index (χ1v) is 7.12. The molecule has 0 aromatic rings. The van der Waals surface area contributed by atoms with Crippen LogP contribution in [0.15, 0.2) is 0 Å². The van der Waals surface area contributed by atoms with Crippen LogP contribution in [0.25, 0.3) is 0 Å². The maximum atomic E-state index is 13.6. The Morgan fingerprint density at radius 2 is 1.75 bits per heavy atom. The molecule has 0 rings (SSSR count). The molecule has 0 fully saturated rings. The van der Waals surface area contributed by atoms with E-state index in [1.807, 2.05) is 0 Å². The van der Waals surface area contributed by atoms with Gasteiger partial charge in [0.1, 0.15) is 6.17 Å². The van der Waals surface area contributed by atoms with E-state index in [1.165, 1.54) is 0 Å². The molecule has 0 radical (unpaired) electrons. The second kappa shape index (κ2) is 13.8. The summed E-state index contributed by atoms with van der Waals surface area (Å²) < 4.78 is 13.6. The quantitative estimate of drug-likeness (QED) is 0.351. The van der Waals surface area contributed by atoms with Gasteiger partial charge < -0.3 is 14.8 Å². The zero-order valence-electron chi connectivity index (χ0n) is 13.0. The SMILES string of the molecule is CCCCCCCC(F)CC(=O)N(CC)CC(=O)[O-].[Na+]. The molecular weight excluding hydrogens is 272 g/mol. The van der Waals surface area contributed by atoms with Crippen LogP contribution in [0.2, 0.25) is 0 Å². The van der Waals surface area contributed by atoms with Crippen LogP contribution in [-0.2, 0) is 9.59 Å². The third-order valence-electron chi connectivity index (χ3n) is 3.07. The molecule has 1 atom stereocenters. The van der Waals surface area contributed by atoms with Crippen molar-refractivity contribution in [3.63, 3.8) is 0 Å². The monoisotopic (exact) mass is 297 g/mol. The van der Waals surface area contributed by atoms with Crippen LogP contribution in [0, 0.1) is 0 Å². The van der Waals surface area contributed by atoms with E-state index in [-0.39, 0.29) is 42.5 Å². The van der Waals surface area contributed by atoms with Gasteiger partial charge in [-0.25, -0.2) is 4.39 Å². The van der Waals surface area contributed by atoms with Gasteiger partial charge in [-0.1, -0.05) is 39.0 Å². The molecule has 0 aromatic carbocycles. The third kappa shape index (κ3) is 11.7. The number of likely N-dealkylation sites (N-methyl/N-ethyl adjacent to an activating group) is 1. The van der Waals surface area contributed by atoms with Gasteiger partial charge in [-0.2, -0.15) is 0 Å². The average Bonchev–Trinajstić information content (AvgIpc) is 2.35. The third-order valence-corrected chi connectivity index (χ3v) is 3.07. The largest absolute Gasteiger partial charge is 1.00 e. The summed E-state index contributed by atoms with van der Waals surface area (Å²) in [4.78, 5) is 23.2. The summed E-state index contributed by atoms with van der Waals surface area (Å²) in [7, 11) is 0. The van der Waals surface area contributed by atoms with Gasteiger partial charge in [0.2, 0.25) is 5.91 Å². The van der Waals surface area contributed by atoms with Crippen LogP contribution in [0.5, 0.6) is 0 Å². The van der Waals surface area contributed by atoms with Crippen LogP contribution in [0.1, 0.15) is 58.8 Å². The minimum atomic E-state index is -1.31. The zero-order valence-corrected chi connectivity index (χ0v) is 15.0. The molecule has 0 aromatic heterocycles. The molecule has 0 heterocycles. The van der Waals surface area contributed by atoms with E-state index in [1.54, 1.807) is 6.92 Å². The van der Waals surface area contributed by atoms with E-state index in [9.17, 15) is 19.1 Å². The summed E-state index contributed by atoms with van der Waals surface area (Å²) in [6.07, 6.45) is 4.14. The Morgan fingerprint density at radius 3 is 2.25 bits per heavy atom. The predicted octanol–water partition coefficient (Wildman–Crippen LogP) is -1.32. The van der Waals surface area contributed by atoms with Crippen LogP contribution >= 0.6 is 0 Å². The molecule has 0 aliphatic heterocycles. The van der Waals surface area contributed by atoms with Crippen LogP contribution in [0.3, 0.4) is 0 Å². The van der Waals surface area contributed by atoms with E-state index in [0.717, 1.165) is 37.0 Å². The van der Waals surface area contributed by atoms with Crippen molar-refractivity contribution >= 4 is 11.9 Å². The summed E-state index contributed by atoms with van der Waals surface area (Å²) in [5, 5.41) is 10.4. The number of carboxylic acids is 1. The van der Waals surface area contributed by atoms with Crippen molar-refractivity contribution in [3.8, 4) is 0 Å². The number of aliphatic carboxylic acids is 1. The summed E-state index contributed by atoms with van der Waals surface area (Å²) in [5.74, 6) is -1.77. The summed E-state index contributed by atoms with van der Waals surface area (Å²) in [6, 6.07) is 0.